The molecule has 0 fully saturated rings. The van der Waals surface area contributed by atoms with Crippen LogP contribution >= 0.6 is 27.5 Å². The van der Waals surface area contributed by atoms with Crippen molar-refractivity contribution < 1.29 is 4.79 Å². The molecule has 110 valence electrons. The van der Waals surface area contributed by atoms with Gasteiger partial charge in [0.05, 0.1) is 11.2 Å². The molecule has 3 rings (SSSR count). The normalized spacial score (nSPS) is 10.9. The van der Waals surface area contributed by atoms with E-state index in [1.165, 1.54) is 0 Å². The van der Waals surface area contributed by atoms with Crippen LogP contribution < -0.4 is 0 Å². The monoisotopic (exact) mass is 373 g/mol. The molecule has 1 aromatic heterocycles. The zero-order chi connectivity index (χ0) is 15.9. The summed E-state index contributed by atoms with van der Waals surface area (Å²) in [5.41, 5.74) is 5.10. The van der Waals surface area contributed by atoms with E-state index in [4.69, 9.17) is 16.6 Å². The van der Waals surface area contributed by atoms with Crippen LogP contribution in [-0.4, -0.2) is 10.2 Å². The average molecular weight is 375 g/mol. The molecule has 0 bridgehead atoms. The van der Waals surface area contributed by atoms with Gasteiger partial charge in [0, 0.05) is 21.0 Å². The van der Waals surface area contributed by atoms with Crippen LogP contribution in [0.3, 0.4) is 0 Å². The van der Waals surface area contributed by atoms with Gasteiger partial charge in [0.1, 0.15) is 0 Å². The minimum Gasteiger partial charge on any atom is -0.276 e. The van der Waals surface area contributed by atoms with E-state index in [0.29, 0.717) is 5.56 Å². The number of aryl methyl sites for hydroxylation is 2. The number of benzene rings is 2. The average Bonchev–Trinajstić information content (AvgIpc) is 2.46. The van der Waals surface area contributed by atoms with Crippen LogP contribution in [0.25, 0.3) is 22.2 Å². The summed E-state index contributed by atoms with van der Waals surface area (Å²) in [7, 11) is 0. The van der Waals surface area contributed by atoms with Gasteiger partial charge in [-0.25, -0.2) is 4.98 Å². The molecular formula is C18H13BrClNO. The van der Waals surface area contributed by atoms with Gasteiger partial charge in [-0.1, -0.05) is 39.7 Å². The lowest BCUT2D eigenvalue weighted by molar-refractivity contribution is 0.108. The number of carbonyl (C=O) groups is 1. The Balaban J connectivity index is 2.37. The second-order valence-electron chi connectivity index (χ2n) is 5.32. The highest BCUT2D eigenvalue weighted by molar-refractivity contribution is 9.10. The molecule has 2 aromatic carbocycles. The molecule has 0 spiro atoms. The number of nitrogens with zero attached hydrogens (tertiary/aromatic N) is 1. The van der Waals surface area contributed by atoms with E-state index in [9.17, 15) is 4.79 Å². The van der Waals surface area contributed by atoms with Crippen LogP contribution in [0.4, 0.5) is 0 Å². The van der Waals surface area contributed by atoms with Gasteiger partial charge in [-0.3, -0.25) is 4.79 Å². The Morgan fingerprint density at radius 1 is 1.14 bits per heavy atom. The van der Waals surface area contributed by atoms with Gasteiger partial charge in [0.25, 0.3) is 5.24 Å². The number of halogens is 2. The molecule has 0 saturated heterocycles. The quantitative estimate of drug-likeness (QED) is 0.542. The van der Waals surface area contributed by atoms with E-state index in [1.54, 1.807) is 6.07 Å². The first-order chi connectivity index (χ1) is 10.5. The van der Waals surface area contributed by atoms with Gasteiger partial charge in [0.15, 0.2) is 0 Å². The summed E-state index contributed by atoms with van der Waals surface area (Å²) in [5, 5.41) is 0.338. The predicted molar refractivity (Wildman–Crippen MR) is 94.5 cm³/mol. The van der Waals surface area contributed by atoms with Crippen LogP contribution in [0.5, 0.6) is 0 Å². The van der Waals surface area contributed by atoms with Crippen LogP contribution in [-0.2, 0) is 0 Å². The number of fused-ring (bicyclic) bond motifs is 1. The zero-order valence-corrected chi connectivity index (χ0v) is 14.5. The van der Waals surface area contributed by atoms with Gasteiger partial charge in [-0.05, 0) is 55.3 Å². The molecule has 2 nitrogen and oxygen atoms in total. The minimum absolute atomic E-state index is 0.464. The van der Waals surface area contributed by atoms with Gasteiger partial charge in [-0.15, -0.1) is 0 Å². The third kappa shape index (κ3) is 2.79. The molecule has 0 aliphatic carbocycles. The molecule has 0 radical (unpaired) electrons. The number of hydrogen-bond donors (Lipinski definition) is 0. The Bertz CT molecular complexity index is 905. The van der Waals surface area contributed by atoms with Crippen molar-refractivity contribution in [2.75, 3.05) is 0 Å². The van der Waals surface area contributed by atoms with E-state index in [1.807, 2.05) is 44.2 Å². The van der Waals surface area contributed by atoms with Crippen molar-refractivity contribution in [3.63, 3.8) is 0 Å². The van der Waals surface area contributed by atoms with Crippen molar-refractivity contribution in [3.8, 4) is 11.3 Å². The molecule has 0 aliphatic heterocycles. The Morgan fingerprint density at radius 3 is 2.59 bits per heavy atom. The van der Waals surface area contributed by atoms with Crippen LogP contribution in [0.1, 0.15) is 21.5 Å². The van der Waals surface area contributed by atoms with E-state index < -0.39 is 5.24 Å². The minimum atomic E-state index is -0.464. The van der Waals surface area contributed by atoms with Crippen molar-refractivity contribution in [2.24, 2.45) is 0 Å². The lowest BCUT2D eigenvalue weighted by Gasteiger charge is -2.10. The highest BCUT2D eigenvalue weighted by Gasteiger charge is 2.14. The van der Waals surface area contributed by atoms with Crippen molar-refractivity contribution in [3.05, 3.63) is 63.6 Å². The number of pyridine rings is 1. The summed E-state index contributed by atoms with van der Waals surface area (Å²) in [6, 6.07) is 13.6. The van der Waals surface area contributed by atoms with Crippen molar-refractivity contribution in [1.82, 2.24) is 4.98 Å². The van der Waals surface area contributed by atoms with Gasteiger partial charge < -0.3 is 0 Å². The number of carbonyl (C=O) groups excluding carboxylic acids is 1. The molecule has 22 heavy (non-hydrogen) atoms. The summed E-state index contributed by atoms with van der Waals surface area (Å²) in [4.78, 5) is 16.6. The second-order valence-corrected chi connectivity index (χ2v) is 6.58. The fourth-order valence-corrected chi connectivity index (χ4v) is 3.19. The van der Waals surface area contributed by atoms with E-state index in [0.717, 1.165) is 37.8 Å². The Hall–Kier alpha value is -1.71. The van der Waals surface area contributed by atoms with Crippen LogP contribution in [0.15, 0.2) is 46.9 Å². The third-order valence-corrected chi connectivity index (χ3v) is 4.28. The summed E-state index contributed by atoms with van der Waals surface area (Å²) in [5.74, 6) is 0. The van der Waals surface area contributed by atoms with Crippen molar-refractivity contribution in [1.29, 1.82) is 0 Å². The van der Waals surface area contributed by atoms with Crippen LogP contribution in [0, 0.1) is 13.8 Å². The lowest BCUT2D eigenvalue weighted by atomic mass is 10.0. The Labute approximate surface area is 142 Å². The fourth-order valence-electron chi connectivity index (χ4n) is 2.64. The molecular weight excluding hydrogens is 362 g/mol. The van der Waals surface area contributed by atoms with Crippen molar-refractivity contribution >= 4 is 43.7 Å². The largest absolute Gasteiger partial charge is 0.276 e. The summed E-state index contributed by atoms with van der Waals surface area (Å²) in [6.07, 6.45) is 0. The molecule has 0 atom stereocenters. The molecule has 0 aliphatic rings. The molecule has 0 N–H and O–H groups in total. The number of rotatable bonds is 2. The SMILES string of the molecule is Cc1cc(C)c2nc(-c3cccc(Br)c3)cc(C(=O)Cl)c2c1. The maximum Gasteiger partial charge on any atom is 0.253 e. The van der Waals surface area contributed by atoms with Crippen molar-refractivity contribution in [2.45, 2.75) is 13.8 Å². The molecule has 3 aromatic rings. The summed E-state index contributed by atoms with van der Waals surface area (Å²) < 4.78 is 0.964. The highest BCUT2D eigenvalue weighted by Crippen LogP contribution is 2.29. The van der Waals surface area contributed by atoms with E-state index >= 15 is 0 Å². The molecule has 0 amide bonds. The fraction of sp³-hybridized carbons (Fsp3) is 0.111. The molecule has 1 heterocycles. The van der Waals surface area contributed by atoms with E-state index in [2.05, 4.69) is 22.0 Å². The number of aromatic nitrogens is 1. The van der Waals surface area contributed by atoms with Crippen LogP contribution in [0.2, 0.25) is 0 Å². The molecule has 4 heteroatoms. The first-order valence-electron chi connectivity index (χ1n) is 6.83. The Kier molecular flexibility index (Phi) is 4.02. The second kappa shape index (κ2) is 5.82. The third-order valence-electron chi connectivity index (χ3n) is 3.58. The molecule has 0 unspecified atom stereocenters. The predicted octanol–water partition coefficient (Wildman–Crippen LogP) is 5.66. The van der Waals surface area contributed by atoms with Gasteiger partial charge in [-0.2, -0.15) is 0 Å². The number of hydrogen-bond acceptors (Lipinski definition) is 2. The Morgan fingerprint density at radius 2 is 1.91 bits per heavy atom. The summed E-state index contributed by atoms with van der Waals surface area (Å²) in [6.45, 7) is 3.99. The lowest BCUT2D eigenvalue weighted by Crippen LogP contribution is -1.98. The van der Waals surface area contributed by atoms with Gasteiger partial charge >= 0.3 is 0 Å². The highest BCUT2D eigenvalue weighted by atomic mass is 79.9. The standard InChI is InChI=1S/C18H13BrClNO/c1-10-6-11(2)17-14(7-10)15(18(20)22)9-16(21-17)12-4-3-5-13(19)8-12/h3-9H,1-2H3. The first kappa shape index (κ1) is 15.2. The maximum absolute atomic E-state index is 11.9. The van der Waals surface area contributed by atoms with E-state index in [-0.39, 0.29) is 0 Å². The maximum atomic E-state index is 11.9. The topological polar surface area (TPSA) is 30.0 Å². The molecule has 0 saturated carbocycles. The van der Waals surface area contributed by atoms with Gasteiger partial charge in [0.2, 0.25) is 0 Å². The zero-order valence-electron chi connectivity index (χ0n) is 12.2. The smallest absolute Gasteiger partial charge is 0.253 e. The first-order valence-corrected chi connectivity index (χ1v) is 8.00. The summed E-state index contributed by atoms with van der Waals surface area (Å²) >= 11 is 9.26.